The molecule has 4 bridgehead atoms. The van der Waals surface area contributed by atoms with Crippen LogP contribution in [0, 0.1) is 24.7 Å². The van der Waals surface area contributed by atoms with Crippen LogP contribution in [0.5, 0.6) is 0 Å². The van der Waals surface area contributed by atoms with Crippen molar-refractivity contribution in [2.24, 2.45) is 17.8 Å². The predicted octanol–water partition coefficient (Wildman–Crippen LogP) is 6.01. The fourth-order valence-corrected chi connectivity index (χ4v) is 9.64. The van der Waals surface area contributed by atoms with Crippen molar-refractivity contribution >= 4 is 27.5 Å². The zero-order valence-corrected chi connectivity index (χ0v) is 28.1. The monoisotopic (exact) mass is 641 g/mol. The molecule has 7 rings (SSSR count). The molecular formula is C38H47N3O4S. The highest BCUT2D eigenvalue weighted by Gasteiger charge is 2.51. The van der Waals surface area contributed by atoms with Crippen LogP contribution in [0.4, 0.5) is 5.69 Å². The first-order valence-corrected chi connectivity index (χ1v) is 18.6. The topological polar surface area (TPSA) is 86.8 Å². The number of nitrogens with zero attached hydrogens (tertiary/aromatic N) is 2. The van der Waals surface area contributed by atoms with Gasteiger partial charge in [-0.25, -0.2) is 8.42 Å². The van der Waals surface area contributed by atoms with Crippen LogP contribution in [0.3, 0.4) is 0 Å². The summed E-state index contributed by atoms with van der Waals surface area (Å²) in [6, 6.07) is 24.6. The van der Waals surface area contributed by atoms with Crippen molar-refractivity contribution in [2.45, 2.75) is 76.8 Å². The van der Waals surface area contributed by atoms with Gasteiger partial charge in [0.2, 0.25) is 21.8 Å². The minimum absolute atomic E-state index is 0.177. The third kappa shape index (κ3) is 7.02. The van der Waals surface area contributed by atoms with Crippen LogP contribution in [-0.2, 0) is 38.0 Å². The smallest absolute Gasteiger partial charge is 0.244 e. The summed E-state index contributed by atoms with van der Waals surface area (Å²) in [7, 11) is -3.81. The Morgan fingerprint density at radius 2 is 1.43 bits per heavy atom. The van der Waals surface area contributed by atoms with E-state index in [2.05, 4.69) is 17.4 Å². The Kier molecular flexibility index (Phi) is 9.28. The average molecular weight is 642 g/mol. The first kappa shape index (κ1) is 32.3. The number of sulfonamides is 1. The number of carbonyl (C=O) groups excluding carboxylic acids is 2. The van der Waals surface area contributed by atoms with E-state index < -0.39 is 28.5 Å². The Morgan fingerprint density at radius 1 is 0.848 bits per heavy atom. The van der Waals surface area contributed by atoms with Crippen molar-refractivity contribution in [1.29, 1.82) is 0 Å². The molecule has 46 heavy (non-hydrogen) atoms. The van der Waals surface area contributed by atoms with Gasteiger partial charge in [0.15, 0.2) is 0 Å². The van der Waals surface area contributed by atoms with Gasteiger partial charge in [-0.2, -0.15) is 0 Å². The van der Waals surface area contributed by atoms with E-state index in [4.69, 9.17) is 0 Å². The summed E-state index contributed by atoms with van der Waals surface area (Å²) in [5, 5.41) is 2.91. The number of nitrogens with one attached hydrogen (secondary N) is 1. The molecule has 4 aliphatic rings. The second-order valence-corrected chi connectivity index (χ2v) is 16.0. The van der Waals surface area contributed by atoms with E-state index in [9.17, 15) is 18.0 Å². The molecule has 3 aromatic carbocycles. The molecule has 0 spiro atoms. The second-order valence-electron chi connectivity index (χ2n) is 14.1. The van der Waals surface area contributed by atoms with E-state index in [0.717, 1.165) is 40.7 Å². The van der Waals surface area contributed by atoms with Gasteiger partial charge >= 0.3 is 0 Å². The van der Waals surface area contributed by atoms with Crippen molar-refractivity contribution in [3.63, 3.8) is 0 Å². The number of likely N-dealkylation sites (N-methyl/N-ethyl adjacent to an activating group) is 1. The van der Waals surface area contributed by atoms with Crippen molar-refractivity contribution < 1.29 is 18.0 Å². The highest BCUT2D eigenvalue weighted by atomic mass is 32.2. The van der Waals surface area contributed by atoms with Gasteiger partial charge in [-0.1, -0.05) is 72.3 Å². The molecule has 0 radical (unpaired) electrons. The fraction of sp³-hybridized carbons (Fsp3) is 0.474. The Bertz CT molecular complexity index is 1600. The summed E-state index contributed by atoms with van der Waals surface area (Å²) in [6.07, 6.45) is 9.22. The Morgan fingerprint density at radius 3 is 1.98 bits per heavy atom. The van der Waals surface area contributed by atoms with Crippen LogP contribution in [0.2, 0.25) is 0 Å². The highest BCUT2D eigenvalue weighted by Crippen LogP contribution is 2.60. The third-order valence-electron chi connectivity index (χ3n) is 10.6. The van der Waals surface area contributed by atoms with Crippen LogP contribution >= 0.6 is 0 Å². The molecule has 4 saturated carbocycles. The van der Waals surface area contributed by atoms with Gasteiger partial charge in [0, 0.05) is 19.5 Å². The molecule has 1 unspecified atom stereocenters. The van der Waals surface area contributed by atoms with Gasteiger partial charge in [0.25, 0.3) is 0 Å². The van der Waals surface area contributed by atoms with E-state index in [0.29, 0.717) is 18.7 Å². The van der Waals surface area contributed by atoms with Gasteiger partial charge in [-0.15, -0.1) is 0 Å². The van der Waals surface area contributed by atoms with Crippen LogP contribution in [0.15, 0.2) is 78.9 Å². The lowest BCUT2D eigenvalue weighted by molar-refractivity contribution is -0.140. The summed E-state index contributed by atoms with van der Waals surface area (Å²) in [4.78, 5) is 29.4. The summed E-state index contributed by atoms with van der Waals surface area (Å²) in [6.45, 7) is 4.05. The number of hydrogen-bond acceptors (Lipinski definition) is 4. The summed E-state index contributed by atoms with van der Waals surface area (Å²) in [5.74, 6) is 1.74. The van der Waals surface area contributed by atoms with Crippen molar-refractivity contribution in [1.82, 2.24) is 10.2 Å². The normalized spacial score (nSPS) is 23.9. The largest absolute Gasteiger partial charge is 0.355 e. The van der Waals surface area contributed by atoms with E-state index in [1.54, 1.807) is 4.90 Å². The average Bonchev–Trinajstić information content (AvgIpc) is 3.02. The van der Waals surface area contributed by atoms with Crippen LogP contribution in [-0.4, -0.2) is 50.5 Å². The summed E-state index contributed by atoms with van der Waals surface area (Å²) >= 11 is 0. The van der Waals surface area contributed by atoms with Crippen LogP contribution in [0.1, 0.15) is 67.7 Å². The number of aryl methyl sites for hydroxylation is 1. The molecule has 7 nitrogen and oxygen atoms in total. The maximum Gasteiger partial charge on any atom is 0.244 e. The minimum Gasteiger partial charge on any atom is -0.355 e. The zero-order valence-electron chi connectivity index (χ0n) is 27.3. The van der Waals surface area contributed by atoms with Crippen molar-refractivity contribution in [3.8, 4) is 0 Å². The number of anilines is 1. The third-order valence-corrected chi connectivity index (χ3v) is 11.7. The fourth-order valence-electron chi connectivity index (χ4n) is 8.80. The zero-order chi connectivity index (χ0) is 32.5. The molecule has 2 amide bonds. The summed E-state index contributed by atoms with van der Waals surface area (Å²) < 4.78 is 27.7. The Hall–Kier alpha value is -3.65. The second kappa shape index (κ2) is 13.2. The van der Waals surface area contributed by atoms with Crippen LogP contribution in [0.25, 0.3) is 0 Å². The van der Waals surface area contributed by atoms with E-state index >= 15 is 0 Å². The first-order chi connectivity index (χ1) is 22.0. The summed E-state index contributed by atoms with van der Waals surface area (Å²) in [5.41, 5.74) is 4.84. The molecule has 244 valence electrons. The molecule has 4 fully saturated rings. The lowest BCUT2D eigenvalue weighted by Gasteiger charge is -2.57. The quantitative estimate of drug-likeness (QED) is 0.263. The van der Waals surface area contributed by atoms with Gasteiger partial charge in [-0.05, 0) is 104 Å². The molecule has 0 aromatic heterocycles. The van der Waals surface area contributed by atoms with Crippen LogP contribution < -0.4 is 9.62 Å². The molecule has 3 aromatic rings. The van der Waals surface area contributed by atoms with Crippen molar-refractivity contribution in [3.05, 3.63) is 101 Å². The molecule has 1 atom stereocenters. The lowest BCUT2D eigenvalue weighted by atomic mass is 9.48. The number of hydrogen-bond donors (Lipinski definition) is 1. The molecule has 0 heterocycles. The number of carbonyl (C=O) groups is 2. The van der Waals surface area contributed by atoms with Gasteiger partial charge in [0.1, 0.15) is 12.6 Å². The molecule has 0 saturated heterocycles. The molecule has 1 N–H and O–H groups in total. The lowest BCUT2D eigenvalue weighted by Crippen LogP contribution is -2.53. The van der Waals surface area contributed by atoms with E-state index in [1.165, 1.54) is 48.4 Å². The predicted molar refractivity (Wildman–Crippen MR) is 183 cm³/mol. The van der Waals surface area contributed by atoms with Gasteiger partial charge in [-0.3, -0.25) is 13.9 Å². The number of rotatable bonds is 12. The minimum atomic E-state index is -3.81. The molecule has 8 heteroatoms. The highest BCUT2D eigenvalue weighted by molar-refractivity contribution is 7.92. The number of benzene rings is 3. The molecule has 0 aliphatic heterocycles. The van der Waals surface area contributed by atoms with Gasteiger partial charge in [0.05, 0.1) is 11.9 Å². The Balaban J connectivity index is 1.29. The first-order valence-electron chi connectivity index (χ1n) is 16.8. The van der Waals surface area contributed by atoms with Crippen molar-refractivity contribution in [2.75, 3.05) is 23.7 Å². The maximum absolute atomic E-state index is 14.3. The maximum atomic E-state index is 14.3. The Labute approximate surface area is 274 Å². The van der Waals surface area contributed by atoms with Gasteiger partial charge < -0.3 is 10.2 Å². The SMILES string of the molecule is CCNC(=O)C(Cc1ccccc1)N(Cc1ccc(C)cc1)C(=O)CN(c1ccc(C23CC4CC(CC(C4)C2)C3)cc1)S(C)(=O)=O. The van der Waals surface area contributed by atoms with E-state index in [-0.39, 0.29) is 17.9 Å². The standard InChI is InChI=1S/C38H47N3O4S/c1-4-39-37(43)35(21-28-8-6-5-7-9-28)40(25-29-12-10-27(2)11-13-29)36(42)26-41(46(3,44)45)34-16-14-33(15-17-34)38-22-30-18-31(23-38)20-32(19-30)24-38/h5-17,30-32,35H,4,18-26H2,1-3H3,(H,39,43). The number of amides is 2. The molecule has 4 aliphatic carbocycles. The molecular weight excluding hydrogens is 595 g/mol. The van der Waals surface area contributed by atoms with E-state index in [1.807, 2.05) is 80.6 Å².